The summed E-state index contributed by atoms with van der Waals surface area (Å²) in [5.41, 5.74) is 10.3. The molecule has 126 valence electrons. The van der Waals surface area contributed by atoms with Gasteiger partial charge in [0.25, 0.3) is 0 Å². The zero-order valence-electron chi connectivity index (χ0n) is 13.6. The number of aliphatic imine (C=N–C) groups is 1. The van der Waals surface area contributed by atoms with Gasteiger partial charge in [-0.2, -0.15) is 0 Å². The molecule has 3 N–H and O–H groups in total. The molecule has 2 heterocycles. The summed E-state index contributed by atoms with van der Waals surface area (Å²) in [5, 5.41) is 11.7. The average Bonchev–Trinajstić information content (AvgIpc) is 3.23. The number of carboxylic acid groups (broad SMARTS) is 1. The number of para-hydroxylation sites is 1. The number of hydrogen-bond acceptors (Lipinski definition) is 5. The van der Waals surface area contributed by atoms with Crippen LogP contribution in [0.4, 0.5) is 10.8 Å². The molecule has 25 heavy (non-hydrogen) atoms. The SMILES string of the molecule is Cc1ccccc1C1=Nc2c(cccc2C(=O)O)C1.Nc1nccs1. The standard InChI is InChI=1S/C16H13NO2.C3H4N2S/c1-10-5-2-3-7-12(10)14-9-11-6-4-8-13(16(18)19)15(11)17-14;4-3-5-1-2-6-3/h2-8H,9H2,1H3,(H,18,19);1-2H,(H2,4,5). The van der Waals surface area contributed by atoms with Crippen molar-refractivity contribution < 1.29 is 9.90 Å². The van der Waals surface area contributed by atoms with Crippen molar-refractivity contribution in [3.05, 3.63) is 76.3 Å². The van der Waals surface area contributed by atoms with Crippen LogP contribution in [0.1, 0.15) is 27.0 Å². The minimum Gasteiger partial charge on any atom is -0.478 e. The molecule has 0 bridgehead atoms. The zero-order valence-corrected chi connectivity index (χ0v) is 14.5. The van der Waals surface area contributed by atoms with Gasteiger partial charge in [0.05, 0.1) is 17.0 Å². The smallest absolute Gasteiger partial charge is 0.337 e. The molecule has 2 aromatic carbocycles. The number of carbonyl (C=O) groups is 1. The van der Waals surface area contributed by atoms with Gasteiger partial charge in [0, 0.05) is 18.0 Å². The van der Waals surface area contributed by atoms with Crippen LogP contribution in [-0.4, -0.2) is 21.8 Å². The van der Waals surface area contributed by atoms with E-state index in [9.17, 15) is 9.90 Å². The number of aryl methyl sites for hydroxylation is 1. The summed E-state index contributed by atoms with van der Waals surface area (Å²) < 4.78 is 0. The molecule has 5 nitrogen and oxygen atoms in total. The fourth-order valence-electron chi connectivity index (χ4n) is 2.68. The first-order valence-corrected chi connectivity index (χ1v) is 8.58. The highest BCUT2D eigenvalue weighted by Crippen LogP contribution is 2.33. The monoisotopic (exact) mass is 351 g/mol. The van der Waals surface area contributed by atoms with Gasteiger partial charge in [0.2, 0.25) is 0 Å². The van der Waals surface area contributed by atoms with E-state index in [2.05, 4.69) is 9.98 Å². The van der Waals surface area contributed by atoms with E-state index in [-0.39, 0.29) is 5.56 Å². The normalized spacial score (nSPS) is 12.0. The van der Waals surface area contributed by atoms with Crippen LogP contribution in [-0.2, 0) is 6.42 Å². The van der Waals surface area contributed by atoms with Gasteiger partial charge in [-0.15, -0.1) is 11.3 Å². The van der Waals surface area contributed by atoms with Crippen LogP contribution in [0.25, 0.3) is 0 Å². The van der Waals surface area contributed by atoms with E-state index in [0.29, 0.717) is 17.2 Å². The van der Waals surface area contributed by atoms with Gasteiger partial charge in [-0.3, -0.25) is 4.99 Å². The molecular weight excluding hydrogens is 334 g/mol. The lowest BCUT2D eigenvalue weighted by molar-refractivity contribution is 0.0698. The van der Waals surface area contributed by atoms with Gasteiger partial charge in [0.1, 0.15) is 0 Å². The summed E-state index contributed by atoms with van der Waals surface area (Å²) in [6.45, 7) is 2.04. The number of anilines is 1. The third kappa shape index (κ3) is 3.75. The maximum atomic E-state index is 11.2. The van der Waals surface area contributed by atoms with Crippen LogP contribution in [0.2, 0.25) is 0 Å². The predicted molar refractivity (Wildman–Crippen MR) is 101 cm³/mol. The first-order valence-electron chi connectivity index (χ1n) is 7.70. The Labute approximate surface area is 149 Å². The number of hydrogen-bond donors (Lipinski definition) is 2. The Bertz CT molecular complexity index is 934. The van der Waals surface area contributed by atoms with Gasteiger partial charge in [-0.1, -0.05) is 36.4 Å². The fourth-order valence-corrected chi connectivity index (χ4v) is 3.06. The molecule has 0 fully saturated rings. The van der Waals surface area contributed by atoms with Crippen LogP contribution in [0, 0.1) is 6.92 Å². The van der Waals surface area contributed by atoms with Gasteiger partial charge in [0.15, 0.2) is 5.13 Å². The number of fused-ring (bicyclic) bond motifs is 1. The number of rotatable bonds is 2. The molecule has 0 aliphatic carbocycles. The minimum atomic E-state index is -0.924. The van der Waals surface area contributed by atoms with Crippen LogP contribution in [0.15, 0.2) is 59.0 Å². The predicted octanol–water partition coefficient (Wildman–Crippen LogP) is 4.10. The molecule has 6 heteroatoms. The third-order valence-corrected chi connectivity index (χ3v) is 4.47. The van der Waals surface area contributed by atoms with Crippen LogP contribution < -0.4 is 5.73 Å². The van der Waals surface area contributed by atoms with Crippen LogP contribution >= 0.6 is 11.3 Å². The Morgan fingerprint density at radius 3 is 2.60 bits per heavy atom. The van der Waals surface area contributed by atoms with Crippen molar-refractivity contribution in [2.75, 3.05) is 5.73 Å². The quantitative estimate of drug-likeness (QED) is 0.727. The van der Waals surface area contributed by atoms with E-state index in [1.807, 2.05) is 42.6 Å². The maximum Gasteiger partial charge on any atom is 0.337 e. The summed E-state index contributed by atoms with van der Waals surface area (Å²) in [4.78, 5) is 19.5. The van der Waals surface area contributed by atoms with E-state index >= 15 is 0 Å². The second-order valence-electron chi connectivity index (χ2n) is 5.54. The lowest BCUT2D eigenvalue weighted by Gasteiger charge is -2.03. The van der Waals surface area contributed by atoms with E-state index in [1.54, 1.807) is 18.3 Å². The molecule has 1 aliphatic rings. The topological polar surface area (TPSA) is 88.6 Å². The molecule has 1 aromatic heterocycles. The van der Waals surface area contributed by atoms with Crippen molar-refractivity contribution in [1.29, 1.82) is 0 Å². The van der Waals surface area contributed by atoms with Gasteiger partial charge < -0.3 is 10.8 Å². The second kappa shape index (κ2) is 7.27. The lowest BCUT2D eigenvalue weighted by atomic mass is 9.99. The highest BCUT2D eigenvalue weighted by Gasteiger charge is 2.22. The van der Waals surface area contributed by atoms with Crippen molar-refractivity contribution in [2.45, 2.75) is 13.3 Å². The van der Waals surface area contributed by atoms with Crippen LogP contribution in [0.3, 0.4) is 0 Å². The summed E-state index contributed by atoms with van der Waals surface area (Å²) in [7, 11) is 0. The molecule has 0 saturated heterocycles. The van der Waals surface area contributed by atoms with Gasteiger partial charge >= 0.3 is 5.97 Å². The lowest BCUT2D eigenvalue weighted by Crippen LogP contribution is -2.02. The maximum absolute atomic E-state index is 11.2. The highest BCUT2D eigenvalue weighted by atomic mass is 32.1. The highest BCUT2D eigenvalue weighted by molar-refractivity contribution is 7.13. The van der Waals surface area contributed by atoms with Crippen molar-refractivity contribution >= 4 is 33.8 Å². The van der Waals surface area contributed by atoms with E-state index < -0.39 is 5.97 Å². The minimum absolute atomic E-state index is 0.279. The van der Waals surface area contributed by atoms with Gasteiger partial charge in [-0.05, 0) is 29.7 Å². The largest absolute Gasteiger partial charge is 0.478 e. The summed E-state index contributed by atoms with van der Waals surface area (Å²) in [6, 6.07) is 13.4. The molecule has 0 unspecified atom stereocenters. The first-order chi connectivity index (χ1) is 12.1. The number of nitrogens with two attached hydrogens (primary N) is 1. The Hall–Kier alpha value is -2.99. The van der Waals surface area contributed by atoms with Crippen molar-refractivity contribution in [1.82, 2.24) is 4.98 Å². The molecule has 4 rings (SSSR count). The van der Waals surface area contributed by atoms with Gasteiger partial charge in [-0.25, -0.2) is 9.78 Å². The molecule has 0 spiro atoms. The van der Waals surface area contributed by atoms with E-state index in [1.165, 1.54) is 11.3 Å². The first kappa shape index (κ1) is 16.9. The molecule has 3 aromatic rings. The number of carboxylic acids is 1. The number of nitrogens with zero attached hydrogens (tertiary/aromatic N) is 2. The van der Waals surface area contributed by atoms with E-state index in [4.69, 9.17) is 5.73 Å². The number of benzene rings is 2. The van der Waals surface area contributed by atoms with Crippen molar-refractivity contribution in [2.24, 2.45) is 4.99 Å². The summed E-state index contributed by atoms with van der Waals surface area (Å²) in [6.07, 6.45) is 2.38. The number of nitrogen functional groups attached to an aromatic ring is 1. The summed E-state index contributed by atoms with van der Waals surface area (Å²) in [5.74, 6) is -0.924. The molecule has 0 saturated carbocycles. The summed E-state index contributed by atoms with van der Waals surface area (Å²) >= 11 is 1.44. The zero-order chi connectivity index (χ0) is 17.8. The fraction of sp³-hybridized carbons (Fsp3) is 0.105. The third-order valence-electron chi connectivity index (χ3n) is 3.86. The second-order valence-corrected chi connectivity index (χ2v) is 6.47. The molecule has 1 aliphatic heterocycles. The number of aromatic carboxylic acids is 1. The number of thiazole rings is 1. The van der Waals surface area contributed by atoms with Crippen molar-refractivity contribution in [3.63, 3.8) is 0 Å². The van der Waals surface area contributed by atoms with Crippen molar-refractivity contribution in [3.8, 4) is 0 Å². The Balaban J connectivity index is 0.000000258. The Morgan fingerprint density at radius 2 is 2.00 bits per heavy atom. The molecular formula is C19H17N3O2S. The molecule has 0 radical (unpaired) electrons. The Morgan fingerprint density at radius 1 is 1.20 bits per heavy atom. The molecule has 0 amide bonds. The molecule has 0 atom stereocenters. The van der Waals surface area contributed by atoms with Crippen LogP contribution in [0.5, 0.6) is 0 Å². The number of aromatic nitrogens is 1. The Kier molecular flexibility index (Phi) is 4.90. The van der Waals surface area contributed by atoms with E-state index in [0.717, 1.165) is 22.4 Å². The average molecular weight is 351 g/mol.